The van der Waals surface area contributed by atoms with Crippen LogP contribution in [0, 0.1) is 0 Å². The number of likely N-dealkylation sites (N-methyl/N-ethyl adjacent to an activating group) is 1. The minimum atomic E-state index is -0.0649. The molecule has 2 atom stereocenters. The maximum Gasteiger partial charge on any atom is 0.243 e. The Hall–Kier alpha value is -1.40. The highest BCUT2D eigenvalue weighted by Gasteiger charge is 2.26. The number of aryl methyl sites for hydroxylation is 1. The van der Waals surface area contributed by atoms with E-state index in [2.05, 4.69) is 20.3 Å². The fourth-order valence-electron chi connectivity index (χ4n) is 3.37. The first kappa shape index (κ1) is 23.9. The van der Waals surface area contributed by atoms with Crippen molar-refractivity contribution in [1.82, 2.24) is 24.9 Å². The quantitative estimate of drug-likeness (QED) is 0.355. The molecule has 1 aromatic rings. The number of morpholine rings is 1. The Labute approximate surface area is 189 Å². The molecule has 29 heavy (non-hydrogen) atoms. The number of hydrogen-bond acceptors (Lipinski definition) is 5. The molecular formula is C19H33IN6O3. The number of hydrogen-bond donors (Lipinski definition) is 1. The van der Waals surface area contributed by atoms with Crippen LogP contribution < -0.4 is 5.32 Å². The SMILES string of the molecule is CN(C)C(=O)CN=C(NCC1CCCCO1)N1CCOC(c2cnn(C)c2)C1.I. The number of rotatable bonds is 5. The van der Waals surface area contributed by atoms with Gasteiger partial charge in [-0.1, -0.05) is 0 Å². The zero-order valence-corrected chi connectivity index (χ0v) is 19.9. The number of carbonyl (C=O) groups is 1. The number of halogens is 1. The molecule has 0 aromatic carbocycles. The second kappa shape index (κ2) is 11.7. The van der Waals surface area contributed by atoms with Crippen molar-refractivity contribution in [1.29, 1.82) is 0 Å². The lowest BCUT2D eigenvalue weighted by Crippen LogP contribution is -2.50. The van der Waals surface area contributed by atoms with Crippen LogP contribution in [0.15, 0.2) is 17.4 Å². The Kier molecular flexibility index (Phi) is 9.63. The normalized spacial score (nSPS) is 22.7. The summed E-state index contributed by atoms with van der Waals surface area (Å²) < 4.78 is 13.5. The van der Waals surface area contributed by atoms with Gasteiger partial charge in [-0.15, -0.1) is 24.0 Å². The van der Waals surface area contributed by atoms with Gasteiger partial charge in [-0.3, -0.25) is 9.48 Å². The predicted molar refractivity (Wildman–Crippen MR) is 121 cm³/mol. The third-order valence-electron chi connectivity index (χ3n) is 5.09. The van der Waals surface area contributed by atoms with Crippen LogP contribution >= 0.6 is 24.0 Å². The van der Waals surface area contributed by atoms with Crippen molar-refractivity contribution in [2.75, 3.05) is 53.5 Å². The van der Waals surface area contributed by atoms with Gasteiger partial charge in [0, 0.05) is 52.6 Å². The Bertz CT molecular complexity index is 675. The fourth-order valence-corrected chi connectivity index (χ4v) is 3.37. The van der Waals surface area contributed by atoms with Crippen LogP contribution in [0.25, 0.3) is 0 Å². The number of ether oxygens (including phenoxy) is 2. The van der Waals surface area contributed by atoms with Gasteiger partial charge in [0.25, 0.3) is 0 Å². The minimum Gasteiger partial charge on any atom is -0.376 e. The molecule has 0 aliphatic carbocycles. The maximum atomic E-state index is 12.0. The molecule has 2 unspecified atom stereocenters. The third kappa shape index (κ3) is 7.10. The number of aliphatic imine (C=N–C) groups is 1. The van der Waals surface area contributed by atoms with E-state index < -0.39 is 0 Å². The summed E-state index contributed by atoms with van der Waals surface area (Å²) in [6, 6.07) is 0. The number of carbonyl (C=O) groups excluding carboxylic acids is 1. The molecule has 2 aliphatic rings. The van der Waals surface area contributed by atoms with Crippen LogP contribution in [0.2, 0.25) is 0 Å². The summed E-state index contributed by atoms with van der Waals surface area (Å²) in [5.74, 6) is 0.715. The van der Waals surface area contributed by atoms with Gasteiger partial charge in [-0.25, -0.2) is 4.99 Å². The molecule has 0 bridgehead atoms. The van der Waals surface area contributed by atoms with Gasteiger partial charge in [0.05, 0.1) is 25.5 Å². The first-order chi connectivity index (χ1) is 13.5. The third-order valence-corrected chi connectivity index (χ3v) is 5.09. The number of nitrogens with one attached hydrogen (secondary N) is 1. The molecule has 10 heteroatoms. The molecule has 9 nitrogen and oxygen atoms in total. The number of amides is 1. The predicted octanol–water partition coefficient (Wildman–Crippen LogP) is 1.01. The van der Waals surface area contributed by atoms with E-state index in [1.807, 2.05) is 19.4 Å². The molecule has 164 valence electrons. The molecular weight excluding hydrogens is 487 g/mol. The molecule has 1 aromatic heterocycles. The lowest BCUT2D eigenvalue weighted by atomic mass is 10.1. The highest BCUT2D eigenvalue weighted by atomic mass is 127. The number of aromatic nitrogens is 2. The number of guanidine groups is 1. The molecule has 0 spiro atoms. The van der Waals surface area contributed by atoms with Crippen molar-refractivity contribution in [2.45, 2.75) is 31.5 Å². The summed E-state index contributed by atoms with van der Waals surface area (Å²) >= 11 is 0. The Morgan fingerprint density at radius 3 is 2.83 bits per heavy atom. The van der Waals surface area contributed by atoms with E-state index in [4.69, 9.17) is 9.47 Å². The van der Waals surface area contributed by atoms with Crippen molar-refractivity contribution in [3.63, 3.8) is 0 Å². The van der Waals surface area contributed by atoms with Gasteiger partial charge in [0.1, 0.15) is 12.6 Å². The van der Waals surface area contributed by atoms with Crippen LogP contribution in [0.3, 0.4) is 0 Å². The zero-order valence-electron chi connectivity index (χ0n) is 17.5. The van der Waals surface area contributed by atoms with Gasteiger partial charge in [0.2, 0.25) is 5.91 Å². The monoisotopic (exact) mass is 520 g/mol. The second-order valence-electron chi connectivity index (χ2n) is 7.55. The highest BCUT2D eigenvalue weighted by Crippen LogP contribution is 2.21. The lowest BCUT2D eigenvalue weighted by molar-refractivity contribution is -0.127. The van der Waals surface area contributed by atoms with Gasteiger partial charge < -0.3 is 24.6 Å². The average molecular weight is 520 g/mol. The van der Waals surface area contributed by atoms with E-state index in [0.717, 1.165) is 37.5 Å². The summed E-state index contributed by atoms with van der Waals surface area (Å²) in [5, 5.41) is 7.68. The van der Waals surface area contributed by atoms with Gasteiger partial charge in [-0.05, 0) is 19.3 Å². The molecule has 1 amide bonds. The first-order valence-electron chi connectivity index (χ1n) is 9.98. The molecule has 1 N–H and O–H groups in total. The molecule has 0 saturated carbocycles. The zero-order chi connectivity index (χ0) is 19.9. The summed E-state index contributed by atoms with van der Waals surface area (Å²) in [4.78, 5) is 20.3. The topological polar surface area (TPSA) is 84.2 Å². The van der Waals surface area contributed by atoms with Crippen LogP contribution in [-0.4, -0.2) is 91.0 Å². The smallest absolute Gasteiger partial charge is 0.243 e. The standard InChI is InChI=1S/C19H32N6O3.HI/c1-23(2)18(26)12-21-19(20-11-16-6-4-5-8-27-16)25-7-9-28-17(14-25)15-10-22-24(3)13-15;/h10,13,16-17H,4-9,11-12,14H2,1-3H3,(H,20,21);1H. The molecule has 3 heterocycles. The van der Waals surface area contributed by atoms with Crippen LogP contribution in [0.5, 0.6) is 0 Å². The van der Waals surface area contributed by atoms with Gasteiger partial charge in [0.15, 0.2) is 5.96 Å². The maximum absolute atomic E-state index is 12.0. The van der Waals surface area contributed by atoms with Crippen LogP contribution in [0.4, 0.5) is 0 Å². The van der Waals surface area contributed by atoms with Crippen molar-refractivity contribution in [3.05, 3.63) is 18.0 Å². The van der Waals surface area contributed by atoms with Gasteiger partial charge in [-0.2, -0.15) is 5.10 Å². The molecule has 2 aliphatic heterocycles. The summed E-state index contributed by atoms with van der Waals surface area (Å²) in [6.07, 6.45) is 7.32. The number of nitrogens with zero attached hydrogens (tertiary/aromatic N) is 5. The average Bonchev–Trinajstić information content (AvgIpc) is 3.15. The Morgan fingerprint density at radius 2 is 2.17 bits per heavy atom. The van der Waals surface area contributed by atoms with Crippen molar-refractivity contribution < 1.29 is 14.3 Å². The minimum absolute atomic E-state index is 0. The second-order valence-corrected chi connectivity index (χ2v) is 7.55. The van der Waals surface area contributed by atoms with Gasteiger partial charge >= 0.3 is 0 Å². The van der Waals surface area contributed by atoms with Crippen molar-refractivity contribution >= 4 is 35.8 Å². The Balaban J connectivity index is 0.00000300. The van der Waals surface area contributed by atoms with Crippen molar-refractivity contribution in [2.24, 2.45) is 12.0 Å². The van der Waals surface area contributed by atoms with E-state index in [1.54, 1.807) is 23.7 Å². The van der Waals surface area contributed by atoms with E-state index >= 15 is 0 Å². The van der Waals surface area contributed by atoms with Crippen LogP contribution in [-0.2, 0) is 21.3 Å². The lowest BCUT2D eigenvalue weighted by Gasteiger charge is -2.35. The first-order valence-corrected chi connectivity index (χ1v) is 9.98. The van der Waals surface area contributed by atoms with Crippen molar-refractivity contribution in [3.8, 4) is 0 Å². The molecule has 2 fully saturated rings. The molecule has 2 saturated heterocycles. The summed E-state index contributed by atoms with van der Waals surface area (Å²) in [7, 11) is 5.39. The van der Waals surface area contributed by atoms with E-state index in [0.29, 0.717) is 19.7 Å². The van der Waals surface area contributed by atoms with Crippen LogP contribution in [0.1, 0.15) is 30.9 Å². The summed E-state index contributed by atoms with van der Waals surface area (Å²) in [6.45, 7) is 3.63. The fraction of sp³-hybridized carbons (Fsp3) is 0.737. The summed E-state index contributed by atoms with van der Waals surface area (Å²) in [5.41, 5.74) is 1.05. The Morgan fingerprint density at radius 1 is 1.34 bits per heavy atom. The van der Waals surface area contributed by atoms with E-state index in [1.165, 1.54) is 6.42 Å². The largest absolute Gasteiger partial charge is 0.376 e. The molecule has 0 radical (unpaired) electrons. The molecule has 3 rings (SSSR count). The van der Waals surface area contributed by atoms with E-state index in [9.17, 15) is 4.79 Å². The highest BCUT2D eigenvalue weighted by molar-refractivity contribution is 14.0. The van der Waals surface area contributed by atoms with E-state index in [-0.39, 0.29) is 48.6 Å².